The molecule has 0 amide bonds. The fraction of sp³-hybridized carbons (Fsp3) is 0.182. The zero-order chi connectivity index (χ0) is 14.2. The summed E-state index contributed by atoms with van der Waals surface area (Å²) in [7, 11) is 3.32. The largest absolute Gasteiger partial charge is 0.416 e. The van der Waals surface area contributed by atoms with Crippen molar-refractivity contribution >= 4 is 11.0 Å². The molecule has 1 aromatic heterocycles. The Morgan fingerprint density at radius 2 is 1.79 bits per heavy atom. The van der Waals surface area contributed by atoms with Crippen LogP contribution < -0.4 is 16.4 Å². The minimum Gasteiger partial charge on any atom is -0.316 e. The van der Waals surface area contributed by atoms with Gasteiger partial charge in [0.1, 0.15) is 0 Å². The van der Waals surface area contributed by atoms with Gasteiger partial charge in [-0.05, 0) is 17.7 Å². The van der Waals surface area contributed by atoms with Gasteiger partial charge in [0.15, 0.2) is 0 Å². The number of nitrogens with one attached hydrogen (secondary N) is 3. The van der Waals surface area contributed by atoms with Crippen molar-refractivity contribution in [3.8, 4) is 0 Å². The lowest BCUT2D eigenvalue weighted by atomic mass is 10.1. The first-order valence-corrected chi connectivity index (χ1v) is 5.19. The van der Waals surface area contributed by atoms with Crippen LogP contribution >= 0.6 is 0 Å². The highest BCUT2D eigenvalue weighted by Crippen LogP contribution is 2.31. The van der Waals surface area contributed by atoms with Gasteiger partial charge in [0.25, 0.3) is 0 Å². The van der Waals surface area contributed by atoms with E-state index >= 15 is 0 Å². The van der Waals surface area contributed by atoms with E-state index in [1.807, 2.05) is 0 Å². The fourth-order valence-corrected chi connectivity index (χ4v) is 1.74. The summed E-state index contributed by atoms with van der Waals surface area (Å²) < 4.78 is 38.1. The van der Waals surface area contributed by atoms with Gasteiger partial charge in [-0.25, -0.2) is 0 Å². The average molecular weight is 272 g/mol. The van der Waals surface area contributed by atoms with Gasteiger partial charge >= 0.3 is 17.3 Å². The van der Waals surface area contributed by atoms with E-state index in [1.165, 1.54) is 0 Å². The average Bonchev–Trinajstić information content (AvgIpc) is 2.30. The molecule has 8 heteroatoms. The molecule has 0 aliphatic heterocycles. The van der Waals surface area contributed by atoms with Gasteiger partial charge in [0.05, 0.1) is 16.6 Å². The second kappa shape index (κ2) is 4.54. The second-order valence-electron chi connectivity index (χ2n) is 3.89. The van der Waals surface area contributed by atoms with E-state index in [9.17, 15) is 22.8 Å². The molecule has 0 fully saturated rings. The molecule has 0 spiro atoms. The molecule has 101 valence electrons. The van der Waals surface area contributed by atoms with Crippen LogP contribution in [0.1, 0.15) is 11.1 Å². The van der Waals surface area contributed by atoms with E-state index in [4.69, 9.17) is 0 Å². The zero-order valence-electron chi connectivity index (χ0n) is 9.52. The SMILES string of the molecule is [CH2]NCc1cc(C(F)(F)F)cc2[nH]c(=O)c(=O)[nH]c12. The van der Waals surface area contributed by atoms with E-state index in [0.717, 1.165) is 12.1 Å². The summed E-state index contributed by atoms with van der Waals surface area (Å²) in [6.07, 6.45) is -4.54. The molecule has 0 saturated carbocycles. The molecular formula is C11H9F3N3O2. The number of H-pyrrole nitrogens is 2. The molecule has 0 bridgehead atoms. The topological polar surface area (TPSA) is 77.8 Å². The number of alkyl halides is 3. The van der Waals surface area contributed by atoms with Crippen molar-refractivity contribution < 1.29 is 13.2 Å². The maximum Gasteiger partial charge on any atom is 0.416 e. The highest BCUT2D eigenvalue weighted by atomic mass is 19.4. The zero-order valence-corrected chi connectivity index (χ0v) is 9.52. The molecule has 5 nitrogen and oxygen atoms in total. The molecule has 0 aliphatic carbocycles. The maximum atomic E-state index is 12.7. The Labute approximate surface area is 104 Å². The van der Waals surface area contributed by atoms with Crippen LogP contribution in [-0.4, -0.2) is 9.97 Å². The van der Waals surface area contributed by atoms with Crippen LogP contribution in [0, 0.1) is 7.05 Å². The van der Waals surface area contributed by atoms with Crippen molar-refractivity contribution in [2.24, 2.45) is 0 Å². The molecule has 0 saturated heterocycles. The molecule has 0 aliphatic rings. The van der Waals surface area contributed by atoms with Crippen molar-refractivity contribution in [1.29, 1.82) is 0 Å². The lowest BCUT2D eigenvalue weighted by molar-refractivity contribution is -0.137. The first-order chi connectivity index (χ1) is 8.82. The molecule has 3 N–H and O–H groups in total. The number of benzene rings is 1. The first kappa shape index (κ1) is 13.3. The van der Waals surface area contributed by atoms with Gasteiger partial charge in [0, 0.05) is 13.6 Å². The lowest BCUT2D eigenvalue weighted by Gasteiger charge is -2.11. The maximum absolute atomic E-state index is 12.7. The highest BCUT2D eigenvalue weighted by Gasteiger charge is 2.31. The Balaban J connectivity index is 2.83. The third kappa shape index (κ3) is 2.53. The number of fused-ring (bicyclic) bond motifs is 1. The number of hydrogen-bond acceptors (Lipinski definition) is 3. The number of halogens is 3. The second-order valence-corrected chi connectivity index (χ2v) is 3.89. The van der Waals surface area contributed by atoms with Crippen molar-refractivity contribution in [3.05, 3.63) is 51.0 Å². The predicted octanol–water partition coefficient (Wildman–Crippen LogP) is 1.12. The van der Waals surface area contributed by atoms with Crippen LogP contribution in [0.4, 0.5) is 13.2 Å². The molecule has 1 heterocycles. The Morgan fingerprint density at radius 1 is 1.16 bits per heavy atom. The number of rotatable bonds is 2. The summed E-state index contributed by atoms with van der Waals surface area (Å²) in [6, 6.07) is 1.67. The van der Waals surface area contributed by atoms with Crippen molar-refractivity contribution in [3.63, 3.8) is 0 Å². The Kier molecular flexibility index (Phi) is 3.19. The monoisotopic (exact) mass is 272 g/mol. The van der Waals surface area contributed by atoms with Crippen molar-refractivity contribution in [2.45, 2.75) is 12.7 Å². The Morgan fingerprint density at radius 3 is 2.37 bits per heavy atom. The predicted molar refractivity (Wildman–Crippen MR) is 62.4 cm³/mol. The minimum absolute atomic E-state index is 0.0163. The van der Waals surface area contributed by atoms with Gasteiger partial charge in [-0.3, -0.25) is 9.59 Å². The smallest absolute Gasteiger partial charge is 0.316 e. The molecule has 2 aromatic rings. The van der Waals surface area contributed by atoms with E-state index in [2.05, 4.69) is 22.3 Å². The summed E-state index contributed by atoms with van der Waals surface area (Å²) in [5, 5.41) is 2.46. The highest BCUT2D eigenvalue weighted by molar-refractivity contribution is 5.78. The quantitative estimate of drug-likeness (QED) is 0.717. The van der Waals surface area contributed by atoms with Gasteiger partial charge in [-0.1, -0.05) is 0 Å². The van der Waals surface area contributed by atoms with Gasteiger partial charge in [-0.15, -0.1) is 0 Å². The summed E-state index contributed by atoms with van der Waals surface area (Å²) >= 11 is 0. The summed E-state index contributed by atoms with van der Waals surface area (Å²) in [5.41, 5.74) is -2.57. The number of aromatic amines is 2. The van der Waals surface area contributed by atoms with Crippen LogP contribution in [0.15, 0.2) is 21.7 Å². The van der Waals surface area contributed by atoms with Crippen LogP contribution in [0.3, 0.4) is 0 Å². The summed E-state index contributed by atoms with van der Waals surface area (Å²) in [5.74, 6) is 0. The fourth-order valence-electron chi connectivity index (χ4n) is 1.74. The molecular weight excluding hydrogens is 263 g/mol. The standard InChI is InChI=1S/C11H9F3N3O2/c1-15-4-5-2-6(11(12,13)14)3-7-8(5)17-10(19)9(18)16-7/h2-3,15H,1,4H2,(H,16,18)(H,17,19). The summed E-state index contributed by atoms with van der Waals surface area (Å²) in [6.45, 7) is 0.0163. The van der Waals surface area contributed by atoms with Gasteiger partial charge in [0.2, 0.25) is 0 Å². The van der Waals surface area contributed by atoms with E-state index < -0.39 is 22.9 Å². The molecule has 1 radical (unpaired) electrons. The molecule has 2 rings (SSSR count). The van der Waals surface area contributed by atoms with Crippen LogP contribution in [0.2, 0.25) is 0 Å². The third-order valence-corrected chi connectivity index (χ3v) is 2.56. The van der Waals surface area contributed by atoms with E-state index in [0.29, 0.717) is 0 Å². The van der Waals surface area contributed by atoms with Crippen LogP contribution in [0.25, 0.3) is 11.0 Å². The summed E-state index contributed by atoms with van der Waals surface area (Å²) in [4.78, 5) is 26.7. The molecule has 19 heavy (non-hydrogen) atoms. The Bertz CT molecular complexity index is 731. The number of aromatic nitrogens is 2. The minimum atomic E-state index is -4.54. The van der Waals surface area contributed by atoms with Crippen molar-refractivity contribution in [2.75, 3.05) is 0 Å². The molecule has 0 unspecified atom stereocenters. The van der Waals surface area contributed by atoms with E-state index in [-0.39, 0.29) is 23.1 Å². The third-order valence-electron chi connectivity index (χ3n) is 2.56. The molecule has 1 aromatic carbocycles. The molecule has 0 atom stereocenters. The van der Waals surface area contributed by atoms with Gasteiger partial charge in [-0.2, -0.15) is 13.2 Å². The normalized spacial score (nSPS) is 12.0. The lowest BCUT2D eigenvalue weighted by Crippen LogP contribution is -2.29. The Hall–Kier alpha value is -2.09. The van der Waals surface area contributed by atoms with Gasteiger partial charge < -0.3 is 15.3 Å². The first-order valence-electron chi connectivity index (χ1n) is 5.19. The van der Waals surface area contributed by atoms with E-state index in [1.54, 1.807) is 0 Å². The van der Waals surface area contributed by atoms with Crippen molar-refractivity contribution in [1.82, 2.24) is 15.3 Å². The number of hydrogen-bond donors (Lipinski definition) is 3. The van der Waals surface area contributed by atoms with Crippen LogP contribution in [-0.2, 0) is 12.7 Å². The van der Waals surface area contributed by atoms with Crippen LogP contribution in [0.5, 0.6) is 0 Å².